The van der Waals surface area contributed by atoms with Crippen molar-refractivity contribution in [3.8, 4) is 0 Å². The van der Waals surface area contributed by atoms with Gasteiger partial charge in [0.25, 0.3) is 0 Å². The van der Waals surface area contributed by atoms with Crippen LogP contribution in [0.4, 0.5) is 13.2 Å². The summed E-state index contributed by atoms with van der Waals surface area (Å²) in [6, 6.07) is 3.15. The SMILES string of the molecule is O=S(=O)(c1ccc(Br)cc1C(F)(F)F)N1C[C@H]2CNC[C@H]2C1. The van der Waals surface area contributed by atoms with E-state index < -0.39 is 26.7 Å². The molecular formula is C13H14BrF3N2O2S. The number of sulfonamides is 1. The van der Waals surface area contributed by atoms with Crippen molar-refractivity contribution in [3.63, 3.8) is 0 Å². The van der Waals surface area contributed by atoms with Gasteiger partial charge in [0.05, 0.1) is 10.5 Å². The second kappa shape index (κ2) is 5.47. The Morgan fingerprint density at radius 3 is 2.32 bits per heavy atom. The van der Waals surface area contributed by atoms with E-state index in [9.17, 15) is 21.6 Å². The molecule has 0 radical (unpaired) electrons. The summed E-state index contributed by atoms with van der Waals surface area (Å²) in [6.45, 7) is 1.97. The van der Waals surface area contributed by atoms with E-state index in [4.69, 9.17) is 0 Å². The topological polar surface area (TPSA) is 49.4 Å². The maximum absolute atomic E-state index is 13.2. The molecule has 4 nitrogen and oxygen atoms in total. The van der Waals surface area contributed by atoms with Gasteiger partial charge in [-0.05, 0) is 43.1 Å². The molecule has 3 rings (SSSR count). The lowest BCUT2D eigenvalue weighted by Gasteiger charge is -2.20. The fourth-order valence-corrected chi connectivity index (χ4v) is 5.20. The summed E-state index contributed by atoms with van der Waals surface area (Å²) >= 11 is 2.96. The van der Waals surface area contributed by atoms with Crippen LogP contribution in [0.25, 0.3) is 0 Å². The molecule has 0 bridgehead atoms. The first-order chi connectivity index (χ1) is 10.2. The number of hydrogen-bond donors (Lipinski definition) is 1. The van der Waals surface area contributed by atoms with Gasteiger partial charge in [0, 0.05) is 17.6 Å². The van der Waals surface area contributed by atoms with Crippen molar-refractivity contribution >= 4 is 26.0 Å². The van der Waals surface area contributed by atoms with Gasteiger partial charge in [0.15, 0.2) is 0 Å². The van der Waals surface area contributed by atoms with Crippen LogP contribution in [-0.4, -0.2) is 38.9 Å². The summed E-state index contributed by atoms with van der Waals surface area (Å²) in [5, 5.41) is 3.17. The van der Waals surface area contributed by atoms with Crippen LogP contribution in [0.2, 0.25) is 0 Å². The lowest BCUT2D eigenvalue weighted by Crippen LogP contribution is -2.33. The third-order valence-electron chi connectivity index (χ3n) is 4.22. The molecule has 9 heteroatoms. The molecule has 0 unspecified atom stereocenters. The van der Waals surface area contributed by atoms with Crippen LogP contribution in [-0.2, 0) is 16.2 Å². The zero-order valence-corrected chi connectivity index (χ0v) is 13.8. The van der Waals surface area contributed by atoms with Crippen LogP contribution < -0.4 is 5.32 Å². The number of nitrogens with zero attached hydrogens (tertiary/aromatic N) is 1. The van der Waals surface area contributed by atoms with Gasteiger partial charge in [-0.1, -0.05) is 15.9 Å². The highest BCUT2D eigenvalue weighted by atomic mass is 79.9. The molecule has 2 heterocycles. The number of halogens is 4. The van der Waals surface area contributed by atoms with Crippen LogP contribution in [0, 0.1) is 11.8 Å². The van der Waals surface area contributed by atoms with Crippen molar-refractivity contribution < 1.29 is 21.6 Å². The molecule has 0 amide bonds. The van der Waals surface area contributed by atoms with E-state index in [-0.39, 0.29) is 29.4 Å². The highest BCUT2D eigenvalue weighted by Crippen LogP contribution is 2.38. The molecule has 2 atom stereocenters. The fraction of sp³-hybridized carbons (Fsp3) is 0.538. The molecule has 2 aliphatic rings. The Bertz CT molecular complexity index is 681. The number of nitrogens with one attached hydrogen (secondary N) is 1. The Hall–Kier alpha value is -0.640. The first-order valence-corrected chi connectivity index (χ1v) is 9.00. The van der Waals surface area contributed by atoms with Crippen LogP contribution >= 0.6 is 15.9 Å². The summed E-state index contributed by atoms with van der Waals surface area (Å²) in [5.74, 6) is 0.360. The van der Waals surface area contributed by atoms with Crippen molar-refractivity contribution in [3.05, 3.63) is 28.2 Å². The van der Waals surface area contributed by atoms with Gasteiger partial charge in [-0.25, -0.2) is 8.42 Å². The first kappa shape index (κ1) is 16.2. The van der Waals surface area contributed by atoms with E-state index in [0.717, 1.165) is 12.1 Å². The molecule has 1 N–H and O–H groups in total. The van der Waals surface area contributed by atoms with E-state index in [0.29, 0.717) is 13.1 Å². The predicted molar refractivity (Wildman–Crippen MR) is 77.8 cm³/mol. The summed E-state index contributed by atoms with van der Waals surface area (Å²) in [6.07, 6.45) is -4.72. The second-order valence-electron chi connectivity index (χ2n) is 5.64. The predicted octanol–water partition coefficient (Wildman–Crippen LogP) is 2.31. The minimum absolute atomic E-state index is 0.180. The minimum Gasteiger partial charge on any atom is -0.316 e. The van der Waals surface area contributed by atoms with Crippen molar-refractivity contribution in [1.29, 1.82) is 0 Å². The molecule has 0 spiro atoms. The van der Waals surface area contributed by atoms with Crippen molar-refractivity contribution in [2.45, 2.75) is 11.1 Å². The zero-order chi connectivity index (χ0) is 16.1. The highest BCUT2D eigenvalue weighted by Gasteiger charge is 2.44. The Kier molecular flexibility index (Phi) is 4.03. The average Bonchev–Trinajstić information content (AvgIpc) is 2.98. The molecule has 1 aromatic rings. The fourth-order valence-electron chi connectivity index (χ4n) is 3.10. The van der Waals surface area contributed by atoms with E-state index >= 15 is 0 Å². The smallest absolute Gasteiger partial charge is 0.316 e. The monoisotopic (exact) mass is 398 g/mol. The van der Waals surface area contributed by atoms with Crippen LogP contribution in [0.1, 0.15) is 5.56 Å². The molecule has 122 valence electrons. The summed E-state index contributed by atoms with van der Waals surface area (Å²) in [4.78, 5) is -0.670. The number of alkyl halides is 3. The van der Waals surface area contributed by atoms with E-state index in [1.54, 1.807) is 0 Å². The van der Waals surface area contributed by atoms with Gasteiger partial charge in [0.1, 0.15) is 0 Å². The standard InChI is InChI=1S/C13H14BrF3N2O2S/c14-10-1-2-12(11(3-10)13(15,16)17)22(20,21)19-6-8-4-18-5-9(8)7-19/h1-3,8-9,18H,4-7H2/t8-,9+. The zero-order valence-electron chi connectivity index (χ0n) is 11.4. The van der Waals surface area contributed by atoms with Gasteiger partial charge in [-0.3, -0.25) is 0 Å². The first-order valence-electron chi connectivity index (χ1n) is 6.77. The normalized spacial score (nSPS) is 26.4. The quantitative estimate of drug-likeness (QED) is 0.831. The largest absolute Gasteiger partial charge is 0.417 e. The number of fused-ring (bicyclic) bond motifs is 1. The Morgan fingerprint density at radius 1 is 1.18 bits per heavy atom. The molecule has 0 saturated carbocycles. The third-order valence-corrected chi connectivity index (χ3v) is 6.60. The minimum atomic E-state index is -4.72. The molecule has 2 aliphatic heterocycles. The maximum Gasteiger partial charge on any atom is 0.417 e. The number of benzene rings is 1. The Morgan fingerprint density at radius 2 is 1.77 bits per heavy atom. The second-order valence-corrected chi connectivity index (χ2v) is 8.46. The Balaban J connectivity index is 2.00. The molecule has 2 saturated heterocycles. The summed E-state index contributed by atoms with van der Waals surface area (Å²) < 4.78 is 66.1. The van der Waals surface area contributed by atoms with Crippen LogP contribution in [0.15, 0.2) is 27.6 Å². The number of hydrogen-bond acceptors (Lipinski definition) is 3. The van der Waals surface area contributed by atoms with Crippen molar-refractivity contribution in [1.82, 2.24) is 9.62 Å². The van der Waals surface area contributed by atoms with Gasteiger partial charge < -0.3 is 5.32 Å². The van der Waals surface area contributed by atoms with Gasteiger partial charge in [-0.15, -0.1) is 0 Å². The highest BCUT2D eigenvalue weighted by molar-refractivity contribution is 9.10. The van der Waals surface area contributed by atoms with Crippen molar-refractivity contribution in [2.75, 3.05) is 26.2 Å². The van der Waals surface area contributed by atoms with Crippen LogP contribution in [0.5, 0.6) is 0 Å². The van der Waals surface area contributed by atoms with Gasteiger partial charge >= 0.3 is 6.18 Å². The Labute approximate surface area is 134 Å². The summed E-state index contributed by atoms with van der Waals surface area (Å²) in [5.41, 5.74) is -1.13. The van der Waals surface area contributed by atoms with Crippen LogP contribution in [0.3, 0.4) is 0 Å². The molecule has 1 aromatic carbocycles. The molecule has 0 aromatic heterocycles. The maximum atomic E-state index is 13.2. The lowest BCUT2D eigenvalue weighted by atomic mass is 10.0. The molecular weight excluding hydrogens is 385 g/mol. The molecule has 2 fully saturated rings. The van der Waals surface area contributed by atoms with Gasteiger partial charge in [0.2, 0.25) is 10.0 Å². The molecule has 0 aliphatic carbocycles. The van der Waals surface area contributed by atoms with E-state index in [1.807, 2.05) is 0 Å². The molecule has 22 heavy (non-hydrogen) atoms. The average molecular weight is 399 g/mol. The van der Waals surface area contributed by atoms with E-state index in [2.05, 4.69) is 21.2 Å². The lowest BCUT2D eigenvalue weighted by molar-refractivity contribution is -0.140. The summed E-state index contributed by atoms with van der Waals surface area (Å²) in [7, 11) is -4.15. The van der Waals surface area contributed by atoms with E-state index in [1.165, 1.54) is 10.4 Å². The number of rotatable bonds is 2. The van der Waals surface area contributed by atoms with Gasteiger partial charge in [-0.2, -0.15) is 17.5 Å². The van der Waals surface area contributed by atoms with Crippen molar-refractivity contribution in [2.24, 2.45) is 11.8 Å². The third kappa shape index (κ3) is 2.79.